The largest absolute Gasteiger partial charge is 0.344 e. The minimum atomic E-state index is -3.56. The first-order chi connectivity index (χ1) is 8.38. The fraction of sp³-hybridized carbons (Fsp3) is 0.364. The lowest BCUT2D eigenvalue weighted by molar-refractivity contribution is -0.126. The van der Waals surface area contributed by atoms with Crippen LogP contribution in [0.15, 0.2) is 33.6 Å². The van der Waals surface area contributed by atoms with Crippen molar-refractivity contribution < 1.29 is 13.2 Å². The highest BCUT2D eigenvalue weighted by molar-refractivity contribution is 9.10. The van der Waals surface area contributed by atoms with Gasteiger partial charge in [-0.3, -0.25) is 4.79 Å². The van der Waals surface area contributed by atoms with E-state index in [1.807, 2.05) is 0 Å². The number of amides is 1. The summed E-state index contributed by atoms with van der Waals surface area (Å²) in [5.74, 6) is -0.0430. The van der Waals surface area contributed by atoms with Crippen molar-refractivity contribution in [2.24, 2.45) is 0 Å². The van der Waals surface area contributed by atoms with Crippen LogP contribution in [-0.2, 0) is 14.8 Å². The van der Waals surface area contributed by atoms with Gasteiger partial charge in [-0.25, -0.2) is 13.1 Å². The van der Waals surface area contributed by atoms with Crippen molar-refractivity contribution in [3.8, 4) is 0 Å². The first kappa shape index (κ1) is 13.5. The molecule has 1 aliphatic heterocycles. The molecule has 7 heteroatoms. The fourth-order valence-corrected chi connectivity index (χ4v) is 3.34. The van der Waals surface area contributed by atoms with Gasteiger partial charge in [0.25, 0.3) is 0 Å². The van der Waals surface area contributed by atoms with Crippen LogP contribution in [0.2, 0.25) is 0 Å². The molecule has 1 aliphatic rings. The summed E-state index contributed by atoms with van der Waals surface area (Å²) in [4.78, 5) is 13.1. The Morgan fingerprint density at radius 3 is 2.44 bits per heavy atom. The Morgan fingerprint density at radius 1 is 1.33 bits per heavy atom. The third-order valence-electron chi connectivity index (χ3n) is 2.79. The van der Waals surface area contributed by atoms with Gasteiger partial charge < -0.3 is 4.90 Å². The smallest absolute Gasteiger partial charge is 0.240 e. The second-order valence-corrected chi connectivity index (χ2v) is 6.88. The van der Waals surface area contributed by atoms with Crippen LogP contribution in [0, 0.1) is 0 Å². The Hall–Kier alpha value is -0.920. The minimum absolute atomic E-state index is 0.0430. The highest BCUT2D eigenvalue weighted by Crippen LogP contribution is 2.17. The maximum absolute atomic E-state index is 12.1. The van der Waals surface area contributed by atoms with Crippen LogP contribution < -0.4 is 4.72 Å². The van der Waals surface area contributed by atoms with E-state index in [0.717, 1.165) is 4.47 Å². The molecule has 0 radical (unpaired) electrons. The highest BCUT2D eigenvalue weighted by atomic mass is 79.9. The van der Waals surface area contributed by atoms with E-state index in [1.165, 1.54) is 17.0 Å². The summed E-state index contributed by atoms with van der Waals surface area (Å²) in [6.45, 7) is 0.411. The van der Waals surface area contributed by atoms with Crippen molar-refractivity contribution >= 4 is 31.9 Å². The van der Waals surface area contributed by atoms with Crippen LogP contribution in [0.25, 0.3) is 0 Å². The van der Waals surface area contributed by atoms with Crippen LogP contribution in [0.3, 0.4) is 0 Å². The van der Waals surface area contributed by atoms with Crippen LogP contribution in [0.1, 0.15) is 6.42 Å². The number of hydrogen-bond acceptors (Lipinski definition) is 3. The first-order valence-corrected chi connectivity index (χ1v) is 7.68. The number of likely N-dealkylation sites (tertiary alicyclic amines) is 1. The zero-order valence-electron chi connectivity index (χ0n) is 9.76. The van der Waals surface area contributed by atoms with Gasteiger partial charge in [0.05, 0.1) is 4.90 Å². The molecule has 18 heavy (non-hydrogen) atoms. The number of nitrogens with zero attached hydrogens (tertiary/aromatic N) is 1. The van der Waals surface area contributed by atoms with E-state index < -0.39 is 10.0 Å². The van der Waals surface area contributed by atoms with Crippen molar-refractivity contribution in [2.45, 2.75) is 17.4 Å². The predicted octanol–water partition coefficient (Wildman–Crippen LogP) is 0.958. The molecule has 1 aromatic rings. The highest BCUT2D eigenvalue weighted by Gasteiger charge is 2.30. The average Bonchev–Trinajstić information content (AvgIpc) is 2.57. The quantitative estimate of drug-likeness (QED) is 0.896. The topological polar surface area (TPSA) is 66.5 Å². The second-order valence-electron chi connectivity index (χ2n) is 4.25. The van der Waals surface area contributed by atoms with Gasteiger partial charge in [-0.2, -0.15) is 0 Å². The second kappa shape index (κ2) is 4.99. The molecule has 1 saturated heterocycles. The van der Waals surface area contributed by atoms with E-state index in [0.29, 0.717) is 6.54 Å². The lowest BCUT2D eigenvalue weighted by atomic mass is 10.3. The number of likely N-dealkylation sites (N-methyl/N-ethyl adjacent to an activating group) is 1. The Morgan fingerprint density at radius 2 is 1.94 bits per heavy atom. The molecule has 1 fully saturated rings. The van der Waals surface area contributed by atoms with Gasteiger partial charge in [0, 0.05) is 30.5 Å². The maximum Gasteiger partial charge on any atom is 0.240 e. The van der Waals surface area contributed by atoms with Crippen LogP contribution >= 0.6 is 15.9 Å². The van der Waals surface area contributed by atoms with Crippen molar-refractivity contribution in [2.75, 3.05) is 13.6 Å². The Bertz CT molecular complexity index is 556. The fourth-order valence-electron chi connectivity index (χ4n) is 1.84. The first-order valence-electron chi connectivity index (χ1n) is 5.40. The van der Waals surface area contributed by atoms with Gasteiger partial charge in [-0.05, 0) is 24.3 Å². The number of halogens is 1. The number of sulfonamides is 1. The van der Waals surface area contributed by atoms with Gasteiger partial charge in [-0.1, -0.05) is 15.9 Å². The van der Waals surface area contributed by atoms with E-state index in [-0.39, 0.29) is 23.3 Å². The molecule has 1 atom stereocenters. The number of carbonyl (C=O) groups excluding carboxylic acids is 1. The third kappa shape index (κ3) is 2.90. The summed E-state index contributed by atoms with van der Waals surface area (Å²) in [6.07, 6.45) is 0.215. The van der Waals surface area contributed by atoms with Gasteiger partial charge in [0.1, 0.15) is 0 Å². The zero-order valence-corrected chi connectivity index (χ0v) is 12.2. The average molecular weight is 333 g/mol. The SMILES string of the molecule is CN1CC(NS(=O)(=O)c2ccc(Br)cc2)CC1=O. The summed E-state index contributed by atoms with van der Waals surface area (Å²) in [5.41, 5.74) is 0. The van der Waals surface area contributed by atoms with Gasteiger partial charge >= 0.3 is 0 Å². The monoisotopic (exact) mass is 332 g/mol. The molecule has 1 N–H and O–H groups in total. The molecular formula is C11H13BrN2O3S. The molecule has 0 aliphatic carbocycles. The molecule has 1 amide bonds. The molecule has 98 valence electrons. The van der Waals surface area contributed by atoms with Crippen molar-refractivity contribution in [1.29, 1.82) is 0 Å². The number of hydrogen-bond donors (Lipinski definition) is 1. The Labute approximate surface area is 114 Å². The van der Waals surface area contributed by atoms with E-state index >= 15 is 0 Å². The molecule has 0 bridgehead atoms. The Kier molecular flexibility index (Phi) is 3.74. The summed E-state index contributed by atoms with van der Waals surface area (Å²) < 4.78 is 27.5. The van der Waals surface area contributed by atoms with E-state index in [1.54, 1.807) is 19.2 Å². The third-order valence-corrected chi connectivity index (χ3v) is 4.85. The molecule has 0 aromatic heterocycles. The lowest BCUT2D eigenvalue weighted by Gasteiger charge is -2.12. The lowest BCUT2D eigenvalue weighted by Crippen LogP contribution is -2.36. The molecule has 5 nitrogen and oxygen atoms in total. The van der Waals surface area contributed by atoms with Crippen LogP contribution in [0.4, 0.5) is 0 Å². The molecule has 0 spiro atoms. The summed E-state index contributed by atoms with van der Waals surface area (Å²) in [5, 5.41) is 0. The standard InChI is InChI=1S/C11H13BrN2O3S/c1-14-7-9(6-11(14)15)13-18(16,17)10-4-2-8(12)3-5-10/h2-5,9,13H,6-7H2,1H3. The molecule has 1 unspecified atom stereocenters. The molecule has 0 saturated carbocycles. The summed E-state index contributed by atoms with van der Waals surface area (Å²) in [6, 6.07) is 6.02. The summed E-state index contributed by atoms with van der Waals surface area (Å²) in [7, 11) is -1.89. The van der Waals surface area contributed by atoms with E-state index in [2.05, 4.69) is 20.7 Å². The zero-order chi connectivity index (χ0) is 13.3. The predicted molar refractivity (Wildman–Crippen MR) is 70.5 cm³/mol. The van der Waals surface area contributed by atoms with Crippen molar-refractivity contribution in [3.05, 3.63) is 28.7 Å². The number of nitrogens with one attached hydrogen (secondary N) is 1. The molecule has 2 rings (SSSR count). The Balaban J connectivity index is 2.13. The van der Waals surface area contributed by atoms with Gasteiger partial charge in [-0.15, -0.1) is 0 Å². The van der Waals surface area contributed by atoms with Crippen LogP contribution in [-0.4, -0.2) is 38.9 Å². The molecule has 1 aromatic carbocycles. The minimum Gasteiger partial charge on any atom is -0.344 e. The van der Waals surface area contributed by atoms with Crippen molar-refractivity contribution in [1.82, 2.24) is 9.62 Å². The van der Waals surface area contributed by atoms with Crippen LogP contribution in [0.5, 0.6) is 0 Å². The van der Waals surface area contributed by atoms with Crippen molar-refractivity contribution in [3.63, 3.8) is 0 Å². The van der Waals surface area contributed by atoms with E-state index in [9.17, 15) is 13.2 Å². The van der Waals surface area contributed by atoms with E-state index in [4.69, 9.17) is 0 Å². The number of benzene rings is 1. The number of carbonyl (C=O) groups is 1. The molecule has 1 heterocycles. The normalized spacial score (nSPS) is 20.4. The summed E-state index contributed by atoms with van der Waals surface area (Å²) >= 11 is 3.25. The maximum atomic E-state index is 12.1. The van der Waals surface area contributed by atoms with Gasteiger partial charge in [0.15, 0.2) is 0 Å². The number of rotatable bonds is 3. The van der Waals surface area contributed by atoms with Gasteiger partial charge in [0.2, 0.25) is 15.9 Å². The molecular weight excluding hydrogens is 320 g/mol.